The number of anilines is 1. The highest BCUT2D eigenvalue weighted by Gasteiger charge is 2.33. The fraction of sp³-hybridized carbons (Fsp3) is 0.286. The minimum Gasteiger partial charge on any atom is -0.357 e. The first-order chi connectivity index (χ1) is 17.4. The van der Waals surface area contributed by atoms with Crippen LogP contribution >= 0.6 is 0 Å². The summed E-state index contributed by atoms with van der Waals surface area (Å²) in [4.78, 5) is 27.6. The van der Waals surface area contributed by atoms with Gasteiger partial charge in [-0.05, 0) is 74.7 Å². The SMILES string of the molecule is CNC(=O)[C@@H](C)N(Cc1ccc(F)cc1)C(=O)CN(c1cc(C)ccc1C)S(=O)(=O)c1ccc(C)cc1. The third-order valence-electron chi connectivity index (χ3n) is 6.20. The minimum atomic E-state index is -4.13. The van der Waals surface area contributed by atoms with Crippen LogP contribution in [0.4, 0.5) is 10.1 Å². The molecule has 0 saturated carbocycles. The molecule has 3 aromatic rings. The zero-order chi connectivity index (χ0) is 27.3. The average Bonchev–Trinajstić information content (AvgIpc) is 2.87. The van der Waals surface area contributed by atoms with Crippen molar-refractivity contribution in [2.45, 2.75) is 45.2 Å². The van der Waals surface area contributed by atoms with Crippen LogP contribution in [0.1, 0.15) is 29.2 Å². The molecule has 7 nitrogen and oxygen atoms in total. The van der Waals surface area contributed by atoms with Gasteiger partial charge in [0.15, 0.2) is 0 Å². The lowest BCUT2D eigenvalue weighted by atomic mass is 10.1. The van der Waals surface area contributed by atoms with Gasteiger partial charge in [0.2, 0.25) is 11.8 Å². The first kappa shape index (κ1) is 27.9. The summed E-state index contributed by atoms with van der Waals surface area (Å²) in [5, 5.41) is 2.53. The summed E-state index contributed by atoms with van der Waals surface area (Å²) in [7, 11) is -2.67. The molecule has 0 aromatic heterocycles. The number of carbonyl (C=O) groups is 2. The van der Waals surface area contributed by atoms with Gasteiger partial charge in [-0.3, -0.25) is 13.9 Å². The minimum absolute atomic E-state index is 0.00107. The molecule has 1 N–H and O–H groups in total. The highest BCUT2D eigenvalue weighted by atomic mass is 32.2. The first-order valence-electron chi connectivity index (χ1n) is 11.9. The van der Waals surface area contributed by atoms with Gasteiger partial charge in [0.25, 0.3) is 10.0 Å². The van der Waals surface area contributed by atoms with Gasteiger partial charge in [0.05, 0.1) is 10.6 Å². The molecule has 0 fully saturated rings. The standard InChI is InChI=1S/C28H32FN3O4S/c1-19-7-14-25(15-8-19)37(35,36)32(26-16-20(2)6-9-21(26)3)18-27(33)31(22(4)28(34)30-5)17-23-10-12-24(29)13-11-23/h6-16,22H,17-18H2,1-5H3,(H,30,34)/t22-/m1/s1. The Bertz CT molecular complexity index is 1370. The number of nitrogens with zero attached hydrogens (tertiary/aromatic N) is 2. The van der Waals surface area contributed by atoms with Crippen LogP contribution in [0.5, 0.6) is 0 Å². The van der Waals surface area contributed by atoms with Gasteiger partial charge in [0.1, 0.15) is 18.4 Å². The predicted molar refractivity (Wildman–Crippen MR) is 142 cm³/mol. The number of hydrogen-bond acceptors (Lipinski definition) is 4. The maximum Gasteiger partial charge on any atom is 0.264 e. The Morgan fingerprint density at radius 3 is 2.11 bits per heavy atom. The van der Waals surface area contributed by atoms with Crippen molar-refractivity contribution in [3.63, 3.8) is 0 Å². The second kappa shape index (κ2) is 11.6. The smallest absolute Gasteiger partial charge is 0.264 e. The lowest BCUT2D eigenvalue weighted by Gasteiger charge is -2.32. The summed E-state index contributed by atoms with van der Waals surface area (Å²) in [5.74, 6) is -1.40. The summed E-state index contributed by atoms with van der Waals surface area (Å²) in [6.07, 6.45) is 0. The molecule has 196 valence electrons. The molecule has 0 bridgehead atoms. The number of sulfonamides is 1. The molecule has 0 unspecified atom stereocenters. The Morgan fingerprint density at radius 1 is 0.919 bits per heavy atom. The molecule has 0 aliphatic rings. The number of halogens is 1. The summed E-state index contributed by atoms with van der Waals surface area (Å²) in [6, 6.07) is 16.5. The fourth-order valence-electron chi connectivity index (χ4n) is 3.92. The number of benzene rings is 3. The van der Waals surface area contributed by atoms with E-state index in [1.54, 1.807) is 38.1 Å². The second-order valence-electron chi connectivity index (χ2n) is 9.05. The van der Waals surface area contributed by atoms with Crippen molar-refractivity contribution in [2.24, 2.45) is 0 Å². The van der Waals surface area contributed by atoms with E-state index in [0.717, 1.165) is 15.4 Å². The van der Waals surface area contributed by atoms with E-state index in [2.05, 4.69) is 5.32 Å². The Morgan fingerprint density at radius 2 is 1.51 bits per heavy atom. The number of carbonyl (C=O) groups excluding carboxylic acids is 2. The average molecular weight is 526 g/mol. The van der Waals surface area contributed by atoms with Gasteiger partial charge in [-0.25, -0.2) is 12.8 Å². The topological polar surface area (TPSA) is 86.8 Å². The summed E-state index contributed by atoms with van der Waals surface area (Å²) in [5.41, 5.74) is 3.39. The zero-order valence-electron chi connectivity index (χ0n) is 21.7. The van der Waals surface area contributed by atoms with Crippen molar-refractivity contribution >= 4 is 27.5 Å². The molecule has 0 saturated heterocycles. The van der Waals surface area contributed by atoms with Gasteiger partial charge in [-0.1, -0.05) is 42.0 Å². The van der Waals surface area contributed by atoms with Crippen LogP contribution in [0.3, 0.4) is 0 Å². The van der Waals surface area contributed by atoms with E-state index in [0.29, 0.717) is 16.8 Å². The van der Waals surface area contributed by atoms with Crippen LogP contribution in [0.15, 0.2) is 71.6 Å². The molecule has 0 aliphatic heterocycles. The van der Waals surface area contributed by atoms with Crippen molar-refractivity contribution in [3.8, 4) is 0 Å². The van der Waals surface area contributed by atoms with Crippen molar-refractivity contribution < 1.29 is 22.4 Å². The first-order valence-corrected chi connectivity index (χ1v) is 13.3. The third kappa shape index (κ3) is 6.54. The van der Waals surface area contributed by atoms with E-state index in [9.17, 15) is 22.4 Å². The normalized spacial score (nSPS) is 12.1. The molecule has 2 amide bonds. The van der Waals surface area contributed by atoms with E-state index in [4.69, 9.17) is 0 Å². The highest BCUT2D eigenvalue weighted by molar-refractivity contribution is 7.92. The Kier molecular flexibility index (Phi) is 8.70. The molecule has 0 radical (unpaired) electrons. The second-order valence-corrected chi connectivity index (χ2v) is 10.9. The third-order valence-corrected chi connectivity index (χ3v) is 7.98. The van der Waals surface area contributed by atoms with E-state index in [1.165, 1.54) is 48.3 Å². The molecule has 0 heterocycles. The summed E-state index contributed by atoms with van der Waals surface area (Å²) < 4.78 is 42.3. The van der Waals surface area contributed by atoms with Crippen molar-refractivity contribution in [3.05, 3.63) is 94.8 Å². The maximum absolute atomic E-state index is 13.9. The zero-order valence-corrected chi connectivity index (χ0v) is 22.5. The molecule has 0 spiro atoms. The largest absolute Gasteiger partial charge is 0.357 e. The van der Waals surface area contributed by atoms with Crippen LogP contribution in [-0.4, -0.2) is 44.8 Å². The number of aryl methyl sites for hydroxylation is 3. The van der Waals surface area contributed by atoms with Gasteiger partial charge in [-0.2, -0.15) is 0 Å². The van der Waals surface area contributed by atoms with Crippen LogP contribution in [0.2, 0.25) is 0 Å². The lowest BCUT2D eigenvalue weighted by molar-refractivity contribution is -0.139. The van der Waals surface area contributed by atoms with Crippen molar-refractivity contribution in [1.29, 1.82) is 0 Å². The molecule has 9 heteroatoms. The Hall–Kier alpha value is -3.72. The molecule has 37 heavy (non-hydrogen) atoms. The summed E-state index contributed by atoms with van der Waals surface area (Å²) >= 11 is 0. The van der Waals surface area contributed by atoms with Crippen molar-refractivity contribution in [1.82, 2.24) is 10.2 Å². The number of rotatable bonds is 9. The maximum atomic E-state index is 13.9. The predicted octanol–water partition coefficient (Wildman–Crippen LogP) is 4.11. The molecule has 0 aliphatic carbocycles. The van der Waals surface area contributed by atoms with E-state index < -0.39 is 40.2 Å². The number of nitrogens with one attached hydrogen (secondary N) is 1. The van der Waals surface area contributed by atoms with Crippen LogP contribution in [0.25, 0.3) is 0 Å². The number of hydrogen-bond donors (Lipinski definition) is 1. The molecule has 3 aromatic carbocycles. The van der Waals surface area contributed by atoms with Crippen LogP contribution < -0.4 is 9.62 Å². The van der Waals surface area contributed by atoms with E-state index >= 15 is 0 Å². The van der Waals surface area contributed by atoms with Gasteiger partial charge in [-0.15, -0.1) is 0 Å². The number of likely N-dealkylation sites (N-methyl/N-ethyl adjacent to an activating group) is 1. The van der Waals surface area contributed by atoms with Crippen LogP contribution in [0, 0.1) is 26.6 Å². The lowest BCUT2D eigenvalue weighted by Crippen LogP contribution is -2.50. The molecular weight excluding hydrogens is 493 g/mol. The van der Waals surface area contributed by atoms with E-state index in [1.807, 2.05) is 19.9 Å². The van der Waals surface area contributed by atoms with Crippen molar-refractivity contribution in [2.75, 3.05) is 17.9 Å². The Labute approximate surface area is 218 Å². The van der Waals surface area contributed by atoms with Gasteiger partial charge in [0, 0.05) is 13.6 Å². The van der Waals surface area contributed by atoms with Crippen LogP contribution in [-0.2, 0) is 26.2 Å². The Balaban J connectivity index is 2.07. The molecular formula is C28H32FN3O4S. The molecule has 3 rings (SSSR count). The molecule has 1 atom stereocenters. The summed E-state index contributed by atoms with van der Waals surface area (Å²) in [6.45, 7) is 6.52. The quantitative estimate of drug-likeness (QED) is 0.456. The monoisotopic (exact) mass is 525 g/mol. The van der Waals surface area contributed by atoms with Gasteiger partial charge < -0.3 is 10.2 Å². The number of amides is 2. The van der Waals surface area contributed by atoms with E-state index in [-0.39, 0.29) is 11.4 Å². The highest BCUT2D eigenvalue weighted by Crippen LogP contribution is 2.28. The van der Waals surface area contributed by atoms with Gasteiger partial charge >= 0.3 is 0 Å². The fourth-order valence-corrected chi connectivity index (χ4v) is 5.39.